The van der Waals surface area contributed by atoms with Gasteiger partial charge in [0, 0.05) is 45.1 Å². The van der Waals surface area contributed by atoms with Gasteiger partial charge in [-0.1, -0.05) is 0 Å². The molecular formula is C21H23N9O2. The van der Waals surface area contributed by atoms with Crippen molar-refractivity contribution in [3.05, 3.63) is 42.5 Å². The molecule has 0 aliphatic carbocycles. The fourth-order valence-electron chi connectivity index (χ4n) is 3.89. The Morgan fingerprint density at radius 2 is 2.03 bits per heavy atom. The van der Waals surface area contributed by atoms with E-state index in [-0.39, 0.29) is 12.0 Å². The molecule has 0 aromatic carbocycles. The second-order valence-electron chi connectivity index (χ2n) is 7.70. The molecule has 11 nitrogen and oxygen atoms in total. The van der Waals surface area contributed by atoms with Gasteiger partial charge in [0.05, 0.1) is 12.1 Å². The highest BCUT2D eigenvalue weighted by molar-refractivity contribution is 5.92. The van der Waals surface area contributed by atoms with E-state index in [2.05, 4.69) is 25.0 Å². The molecular weight excluding hydrogens is 410 g/mol. The van der Waals surface area contributed by atoms with Gasteiger partial charge >= 0.3 is 0 Å². The van der Waals surface area contributed by atoms with E-state index in [0.717, 1.165) is 5.56 Å². The van der Waals surface area contributed by atoms with Crippen LogP contribution < -0.4 is 4.74 Å². The largest absolute Gasteiger partial charge is 0.471 e. The molecule has 4 aromatic heterocycles. The van der Waals surface area contributed by atoms with Gasteiger partial charge < -0.3 is 14.2 Å². The Labute approximate surface area is 184 Å². The van der Waals surface area contributed by atoms with Gasteiger partial charge in [0.1, 0.15) is 29.8 Å². The maximum Gasteiger partial charge on any atom is 0.274 e. The zero-order valence-electron chi connectivity index (χ0n) is 18.1. The van der Waals surface area contributed by atoms with Crippen LogP contribution in [0.1, 0.15) is 29.7 Å². The van der Waals surface area contributed by atoms with Gasteiger partial charge in [-0.05, 0) is 19.9 Å². The van der Waals surface area contributed by atoms with E-state index in [9.17, 15) is 4.79 Å². The molecule has 164 valence electrons. The second kappa shape index (κ2) is 7.98. The Morgan fingerprint density at radius 1 is 1.22 bits per heavy atom. The number of aryl methyl sites for hydroxylation is 3. The second-order valence-corrected chi connectivity index (χ2v) is 7.70. The van der Waals surface area contributed by atoms with Crippen LogP contribution >= 0.6 is 0 Å². The van der Waals surface area contributed by atoms with E-state index in [1.807, 2.05) is 18.4 Å². The molecule has 32 heavy (non-hydrogen) atoms. The van der Waals surface area contributed by atoms with Gasteiger partial charge in [-0.2, -0.15) is 10.1 Å². The highest BCUT2D eigenvalue weighted by Gasteiger charge is 2.30. The lowest BCUT2D eigenvalue weighted by Crippen LogP contribution is -2.31. The summed E-state index contributed by atoms with van der Waals surface area (Å²) in [4.78, 5) is 36.5. The number of amides is 1. The number of nitrogens with zero attached hydrogens (tertiary/aromatic N) is 9. The third kappa shape index (κ3) is 3.55. The lowest BCUT2D eigenvalue weighted by molar-refractivity contribution is 0.0765. The molecule has 1 aliphatic heterocycles. The molecule has 0 spiro atoms. The van der Waals surface area contributed by atoms with Crippen LogP contribution in [0, 0.1) is 6.92 Å². The monoisotopic (exact) mass is 433 g/mol. The summed E-state index contributed by atoms with van der Waals surface area (Å²) in [6.07, 6.45) is 7.27. The maximum atomic E-state index is 12.7. The third-order valence-corrected chi connectivity index (χ3v) is 5.50. The zero-order chi connectivity index (χ0) is 22.2. The fraction of sp³-hybridized carbons (Fsp3) is 0.381. The van der Waals surface area contributed by atoms with Crippen molar-refractivity contribution < 1.29 is 9.53 Å². The molecule has 1 atom stereocenters. The van der Waals surface area contributed by atoms with Crippen molar-refractivity contribution >= 4 is 17.1 Å². The number of ether oxygens (including phenoxy) is 1. The summed E-state index contributed by atoms with van der Waals surface area (Å²) in [6, 6.07) is 1.72. The molecule has 4 aromatic rings. The summed E-state index contributed by atoms with van der Waals surface area (Å²) in [5.74, 6) is 1.73. The number of hydrogen-bond acceptors (Lipinski definition) is 8. The maximum absolute atomic E-state index is 12.7. The van der Waals surface area contributed by atoms with Crippen LogP contribution in [-0.2, 0) is 13.6 Å². The van der Waals surface area contributed by atoms with Crippen LogP contribution in [0.25, 0.3) is 22.6 Å². The average molecular weight is 433 g/mol. The Kier molecular flexibility index (Phi) is 5.00. The van der Waals surface area contributed by atoms with E-state index in [1.165, 1.54) is 6.33 Å². The first-order valence-corrected chi connectivity index (χ1v) is 10.5. The van der Waals surface area contributed by atoms with Crippen LogP contribution in [0.4, 0.5) is 0 Å². The molecule has 0 bridgehead atoms. The molecule has 0 N–H and O–H groups in total. The van der Waals surface area contributed by atoms with E-state index >= 15 is 0 Å². The Bertz CT molecular complexity index is 1280. The quantitative estimate of drug-likeness (QED) is 0.466. The number of hydrogen-bond donors (Lipinski definition) is 0. The molecule has 0 saturated carbocycles. The first kappa shape index (κ1) is 20.0. The summed E-state index contributed by atoms with van der Waals surface area (Å²) in [7, 11) is 1.79. The molecule has 1 fully saturated rings. The standard InChI is InChI=1S/C21H23N9O2/c1-4-30-18(14-9-22-13(2)23-10-14)26-17-19(30)24-12-25-20(17)32-15-5-8-29(11-15)21(31)16-6-7-28(3)27-16/h6-7,9-10,12,15H,4-5,8,11H2,1-3H3/t15-/m0/s1. The summed E-state index contributed by atoms with van der Waals surface area (Å²) >= 11 is 0. The molecule has 11 heteroatoms. The van der Waals surface area contributed by atoms with Crippen molar-refractivity contribution in [2.24, 2.45) is 7.05 Å². The number of carbonyl (C=O) groups is 1. The predicted octanol–water partition coefficient (Wildman–Crippen LogP) is 1.64. The lowest BCUT2D eigenvalue weighted by atomic mass is 10.3. The number of aromatic nitrogens is 8. The van der Waals surface area contributed by atoms with Crippen LogP contribution in [0.15, 0.2) is 31.0 Å². The average Bonchev–Trinajstić information content (AvgIpc) is 3.52. The molecule has 1 saturated heterocycles. The molecule has 5 heterocycles. The summed E-state index contributed by atoms with van der Waals surface area (Å²) in [5.41, 5.74) is 2.51. The van der Waals surface area contributed by atoms with Crippen LogP contribution in [0.5, 0.6) is 5.88 Å². The zero-order valence-corrected chi connectivity index (χ0v) is 18.1. The van der Waals surface area contributed by atoms with Crippen molar-refractivity contribution in [2.75, 3.05) is 13.1 Å². The van der Waals surface area contributed by atoms with Gasteiger partial charge in [0.25, 0.3) is 5.91 Å². The van der Waals surface area contributed by atoms with Crippen molar-refractivity contribution in [1.82, 2.24) is 44.2 Å². The molecule has 0 unspecified atom stereocenters. The van der Waals surface area contributed by atoms with Crippen molar-refractivity contribution in [3.63, 3.8) is 0 Å². The Balaban J connectivity index is 1.40. The van der Waals surface area contributed by atoms with E-state index in [1.54, 1.807) is 41.3 Å². The summed E-state index contributed by atoms with van der Waals surface area (Å²) in [6.45, 7) is 5.61. The van der Waals surface area contributed by atoms with Crippen molar-refractivity contribution in [2.45, 2.75) is 32.9 Å². The smallest absolute Gasteiger partial charge is 0.274 e. The first-order valence-electron chi connectivity index (χ1n) is 10.5. The minimum absolute atomic E-state index is 0.0959. The van der Waals surface area contributed by atoms with E-state index in [0.29, 0.717) is 60.4 Å². The molecule has 0 radical (unpaired) electrons. The Morgan fingerprint density at radius 3 is 2.75 bits per heavy atom. The van der Waals surface area contributed by atoms with Crippen molar-refractivity contribution in [1.29, 1.82) is 0 Å². The number of likely N-dealkylation sites (tertiary alicyclic amines) is 1. The lowest BCUT2D eigenvalue weighted by Gasteiger charge is -2.16. The van der Waals surface area contributed by atoms with Crippen LogP contribution in [0.3, 0.4) is 0 Å². The first-order chi connectivity index (χ1) is 15.5. The molecule has 1 aliphatic rings. The Hall–Kier alpha value is -3.89. The number of fused-ring (bicyclic) bond motifs is 1. The normalized spacial score (nSPS) is 16.1. The van der Waals surface area contributed by atoms with Gasteiger partial charge in [0.2, 0.25) is 5.88 Å². The van der Waals surface area contributed by atoms with Gasteiger partial charge in [-0.25, -0.2) is 19.9 Å². The number of rotatable bonds is 5. The minimum Gasteiger partial charge on any atom is -0.471 e. The summed E-state index contributed by atoms with van der Waals surface area (Å²) in [5, 5.41) is 4.20. The van der Waals surface area contributed by atoms with Gasteiger partial charge in [-0.3, -0.25) is 9.48 Å². The van der Waals surface area contributed by atoms with E-state index < -0.39 is 0 Å². The third-order valence-electron chi connectivity index (χ3n) is 5.50. The fourth-order valence-corrected chi connectivity index (χ4v) is 3.89. The van der Waals surface area contributed by atoms with Gasteiger partial charge in [0.15, 0.2) is 11.2 Å². The number of imidazole rings is 1. The van der Waals surface area contributed by atoms with Crippen LogP contribution in [0.2, 0.25) is 0 Å². The van der Waals surface area contributed by atoms with E-state index in [4.69, 9.17) is 9.72 Å². The van der Waals surface area contributed by atoms with Crippen molar-refractivity contribution in [3.8, 4) is 17.3 Å². The topological polar surface area (TPSA) is 117 Å². The highest BCUT2D eigenvalue weighted by Crippen LogP contribution is 2.29. The van der Waals surface area contributed by atoms with Crippen LogP contribution in [-0.4, -0.2) is 69.3 Å². The number of carbonyl (C=O) groups excluding carboxylic acids is 1. The van der Waals surface area contributed by atoms with Gasteiger partial charge in [-0.15, -0.1) is 0 Å². The minimum atomic E-state index is -0.182. The SMILES string of the molecule is CCn1c(-c2cnc(C)nc2)nc2c(O[C@H]3CCN(C(=O)c4ccn(C)n4)C3)ncnc21. The summed E-state index contributed by atoms with van der Waals surface area (Å²) < 4.78 is 9.81. The molecule has 1 amide bonds. The highest BCUT2D eigenvalue weighted by atomic mass is 16.5. The predicted molar refractivity (Wildman–Crippen MR) is 115 cm³/mol. The molecule has 5 rings (SSSR count).